The molecule has 1 atom stereocenters. The first kappa shape index (κ1) is 25.3. The summed E-state index contributed by atoms with van der Waals surface area (Å²) in [6.07, 6.45) is 2.53. The van der Waals surface area contributed by atoms with Gasteiger partial charge in [0.05, 0.1) is 17.1 Å². The molecule has 186 valence electrons. The molecule has 1 heterocycles. The number of hydrogen-bond acceptors (Lipinski definition) is 3. The van der Waals surface area contributed by atoms with Gasteiger partial charge in [-0.25, -0.2) is 9.37 Å². The zero-order valence-electron chi connectivity index (χ0n) is 20.9. The molecular formula is C30H33FN4O. The first-order valence-corrected chi connectivity index (χ1v) is 12.5. The van der Waals surface area contributed by atoms with Crippen molar-refractivity contribution >= 4 is 22.7 Å². The summed E-state index contributed by atoms with van der Waals surface area (Å²) in [5, 5.41) is 10.8. The van der Waals surface area contributed by atoms with E-state index < -0.39 is 6.67 Å². The van der Waals surface area contributed by atoms with E-state index in [0.29, 0.717) is 24.8 Å². The van der Waals surface area contributed by atoms with E-state index in [1.165, 1.54) is 0 Å². The minimum Gasteiger partial charge on any atom is -0.342 e. The van der Waals surface area contributed by atoms with Crippen LogP contribution in [0.2, 0.25) is 0 Å². The second kappa shape index (κ2) is 11.8. The normalized spacial score (nSPS) is 12.1. The minimum absolute atomic E-state index is 0.114. The van der Waals surface area contributed by atoms with E-state index in [4.69, 9.17) is 10.4 Å². The van der Waals surface area contributed by atoms with E-state index in [1.807, 2.05) is 72.8 Å². The Morgan fingerprint density at radius 3 is 2.31 bits per heavy atom. The number of halogens is 1. The lowest BCUT2D eigenvalue weighted by Gasteiger charge is -2.22. The van der Waals surface area contributed by atoms with Crippen molar-refractivity contribution in [2.75, 3.05) is 6.67 Å². The van der Waals surface area contributed by atoms with Gasteiger partial charge in [-0.05, 0) is 68.5 Å². The fraction of sp³-hybridized carbons (Fsp3) is 0.300. The number of amides is 1. The molecule has 2 N–H and O–H groups in total. The molecule has 0 aliphatic rings. The van der Waals surface area contributed by atoms with Gasteiger partial charge in [-0.15, -0.1) is 0 Å². The highest BCUT2D eigenvalue weighted by Crippen LogP contribution is 2.28. The summed E-state index contributed by atoms with van der Waals surface area (Å²) in [4.78, 5) is 18.2. The molecule has 0 bridgehead atoms. The highest BCUT2D eigenvalue weighted by molar-refractivity contribution is 5.95. The van der Waals surface area contributed by atoms with Crippen LogP contribution in [-0.4, -0.2) is 27.8 Å². The molecule has 0 radical (unpaired) electrons. The highest BCUT2D eigenvalue weighted by Gasteiger charge is 2.24. The van der Waals surface area contributed by atoms with Crippen LogP contribution >= 0.6 is 0 Å². The summed E-state index contributed by atoms with van der Waals surface area (Å²) in [5.41, 5.74) is 4.79. The fourth-order valence-electron chi connectivity index (χ4n) is 4.56. The van der Waals surface area contributed by atoms with Crippen LogP contribution in [-0.2, 0) is 0 Å². The summed E-state index contributed by atoms with van der Waals surface area (Å²) >= 11 is 0. The zero-order chi connectivity index (χ0) is 25.5. The molecule has 1 amide bonds. The number of hydrogen-bond donors (Lipinski definition) is 2. The molecule has 4 rings (SSSR count). The molecule has 6 heteroatoms. The number of para-hydroxylation sites is 2. The Labute approximate surface area is 211 Å². The van der Waals surface area contributed by atoms with Crippen molar-refractivity contribution in [3.8, 4) is 11.1 Å². The van der Waals surface area contributed by atoms with Gasteiger partial charge in [-0.1, -0.05) is 61.0 Å². The molecule has 1 aromatic heterocycles. The van der Waals surface area contributed by atoms with Gasteiger partial charge in [0.2, 0.25) is 0 Å². The lowest BCUT2D eigenvalue weighted by Crippen LogP contribution is -2.31. The van der Waals surface area contributed by atoms with Crippen molar-refractivity contribution in [3.05, 3.63) is 90.3 Å². The number of nitrogens with zero attached hydrogens (tertiary/aromatic N) is 2. The molecule has 0 spiro atoms. The van der Waals surface area contributed by atoms with Crippen LogP contribution < -0.4 is 5.32 Å². The molecule has 0 aliphatic carbocycles. The highest BCUT2D eigenvalue weighted by atomic mass is 19.1. The second-order valence-corrected chi connectivity index (χ2v) is 9.37. The first-order chi connectivity index (χ1) is 17.5. The van der Waals surface area contributed by atoms with Crippen molar-refractivity contribution in [2.24, 2.45) is 0 Å². The van der Waals surface area contributed by atoms with E-state index in [9.17, 15) is 9.18 Å². The van der Waals surface area contributed by atoms with Crippen LogP contribution in [0.15, 0.2) is 78.9 Å². The van der Waals surface area contributed by atoms with Crippen LogP contribution in [0, 0.1) is 5.41 Å². The maximum atomic E-state index is 13.3. The monoisotopic (exact) mass is 484 g/mol. The van der Waals surface area contributed by atoms with E-state index in [0.717, 1.165) is 34.4 Å². The van der Waals surface area contributed by atoms with Gasteiger partial charge in [-0.3, -0.25) is 4.79 Å². The number of benzene rings is 3. The van der Waals surface area contributed by atoms with Crippen LogP contribution in [0.5, 0.6) is 0 Å². The average Bonchev–Trinajstić information content (AvgIpc) is 3.30. The third-order valence-corrected chi connectivity index (χ3v) is 6.39. The Kier molecular flexibility index (Phi) is 8.26. The van der Waals surface area contributed by atoms with Crippen LogP contribution in [0.3, 0.4) is 0 Å². The van der Waals surface area contributed by atoms with Crippen LogP contribution in [0.4, 0.5) is 4.39 Å². The SMILES string of the molecule is CC(C)n1c([C@H](CCCCC(=N)CF)NC(=O)c2ccc(-c3ccccc3)cc2)nc2ccccc21. The number of fused-ring (bicyclic) bond motifs is 1. The molecule has 4 aromatic rings. The van der Waals surface area contributed by atoms with Gasteiger partial charge < -0.3 is 15.3 Å². The van der Waals surface area contributed by atoms with E-state index in [-0.39, 0.29) is 23.7 Å². The minimum atomic E-state index is -0.706. The number of carbonyl (C=O) groups is 1. The molecule has 0 saturated carbocycles. The predicted molar refractivity (Wildman–Crippen MR) is 144 cm³/mol. The summed E-state index contributed by atoms with van der Waals surface area (Å²) in [7, 11) is 0. The van der Waals surface area contributed by atoms with Gasteiger partial charge in [-0.2, -0.15) is 0 Å². The Balaban J connectivity index is 1.58. The van der Waals surface area contributed by atoms with Crippen molar-refractivity contribution < 1.29 is 9.18 Å². The van der Waals surface area contributed by atoms with Crippen LogP contribution in [0.1, 0.15) is 67.8 Å². The number of imidazole rings is 1. The third kappa shape index (κ3) is 5.88. The fourth-order valence-corrected chi connectivity index (χ4v) is 4.56. The Hall–Kier alpha value is -3.80. The summed E-state index contributed by atoms with van der Waals surface area (Å²) in [5.74, 6) is 0.666. The van der Waals surface area contributed by atoms with Gasteiger partial charge in [0.15, 0.2) is 0 Å². The second-order valence-electron chi connectivity index (χ2n) is 9.37. The lowest BCUT2D eigenvalue weighted by molar-refractivity contribution is 0.0931. The van der Waals surface area contributed by atoms with Crippen molar-refractivity contribution in [1.82, 2.24) is 14.9 Å². The van der Waals surface area contributed by atoms with E-state index >= 15 is 0 Å². The molecule has 0 unspecified atom stereocenters. The van der Waals surface area contributed by atoms with Crippen molar-refractivity contribution in [2.45, 2.75) is 51.6 Å². The van der Waals surface area contributed by atoms with E-state index in [1.54, 1.807) is 0 Å². The maximum Gasteiger partial charge on any atom is 0.251 e. The zero-order valence-corrected chi connectivity index (χ0v) is 20.9. The third-order valence-electron chi connectivity index (χ3n) is 6.39. The Morgan fingerprint density at radius 1 is 0.944 bits per heavy atom. The average molecular weight is 485 g/mol. The molecule has 3 aromatic carbocycles. The van der Waals surface area contributed by atoms with Gasteiger partial charge in [0.25, 0.3) is 5.91 Å². The largest absolute Gasteiger partial charge is 0.342 e. The first-order valence-electron chi connectivity index (χ1n) is 12.5. The smallest absolute Gasteiger partial charge is 0.251 e. The number of carbonyl (C=O) groups excluding carboxylic acids is 1. The Bertz CT molecular complexity index is 1310. The maximum absolute atomic E-state index is 13.3. The molecule has 36 heavy (non-hydrogen) atoms. The Morgan fingerprint density at radius 2 is 1.61 bits per heavy atom. The van der Waals surface area contributed by atoms with E-state index in [2.05, 4.69) is 29.8 Å². The number of nitrogens with one attached hydrogen (secondary N) is 2. The quantitative estimate of drug-likeness (QED) is 0.173. The van der Waals surface area contributed by atoms with Gasteiger partial charge in [0.1, 0.15) is 12.5 Å². The molecule has 0 fully saturated rings. The van der Waals surface area contributed by atoms with Crippen molar-refractivity contribution in [3.63, 3.8) is 0 Å². The molecule has 0 aliphatic heterocycles. The summed E-state index contributed by atoms with van der Waals surface area (Å²) in [6.45, 7) is 3.52. The summed E-state index contributed by atoms with van der Waals surface area (Å²) < 4.78 is 14.9. The topological polar surface area (TPSA) is 70.8 Å². The number of unbranched alkanes of at least 4 members (excludes halogenated alkanes) is 1. The standard InChI is InChI=1S/C30H33FN4O/c1-21(2)35-28-15-9-8-13-26(28)33-29(35)27(14-7-6-12-25(32)20-31)34-30(36)24-18-16-23(17-19-24)22-10-4-3-5-11-22/h3-5,8-11,13,15-19,21,27,32H,6-7,12,14,20H2,1-2H3,(H,34,36)/t27-/m0/s1. The number of alkyl halides is 1. The number of rotatable bonds is 11. The van der Waals surface area contributed by atoms with Crippen molar-refractivity contribution in [1.29, 1.82) is 5.41 Å². The predicted octanol–water partition coefficient (Wildman–Crippen LogP) is 7.30. The lowest BCUT2D eigenvalue weighted by atomic mass is 10.0. The van der Waals surface area contributed by atoms with Crippen LogP contribution in [0.25, 0.3) is 22.2 Å². The van der Waals surface area contributed by atoms with Gasteiger partial charge in [0, 0.05) is 17.3 Å². The molecule has 5 nitrogen and oxygen atoms in total. The van der Waals surface area contributed by atoms with Gasteiger partial charge >= 0.3 is 0 Å². The summed E-state index contributed by atoms with van der Waals surface area (Å²) in [6, 6.07) is 25.6. The molecule has 0 saturated heterocycles. The number of aromatic nitrogens is 2. The molecular weight excluding hydrogens is 451 g/mol.